The molecule has 0 aliphatic heterocycles. The van der Waals surface area contributed by atoms with Gasteiger partial charge in [-0.3, -0.25) is 4.79 Å². The third-order valence-corrected chi connectivity index (χ3v) is 1.08. The number of ketones is 1. The Morgan fingerprint density at radius 1 is 1.78 bits per heavy atom. The van der Waals surface area contributed by atoms with E-state index in [0.717, 1.165) is 0 Å². The van der Waals surface area contributed by atoms with Crippen molar-refractivity contribution in [3.05, 3.63) is 24.0 Å². The highest BCUT2D eigenvalue weighted by atomic mass is 16.1. The van der Waals surface area contributed by atoms with E-state index >= 15 is 0 Å². The molecule has 0 saturated heterocycles. The summed E-state index contributed by atoms with van der Waals surface area (Å²) in [4.78, 5) is 13.5. The van der Waals surface area contributed by atoms with Crippen LogP contribution in [-0.2, 0) is 0 Å². The maximum absolute atomic E-state index is 10.7. The van der Waals surface area contributed by atoms with Gasteiger partial charge in [-0.1, -0.05) is 0 Å². The molecule has 1 aromatic rings. The van der Waals surface area contributed by atoms with Crippen LogP contribution in [-0.4, -0.2) is 17.3 Å². The maximum Gasteiger partial charge on any atom is 0.192 e. The predicted octanol–water partition coefficient (Wildman–Crippen LogP) is 0.156. The van der Waals surface area contributed by atoms with Crippen LogP contribution in [0.15, 0.2) is 18.3 Å². The third-order valence-electron chi connectivity index (χ3n) is 1.08. The fraction of sp³-hybridized carbons (Fsp3) is 0.167. The molecule has 0 amide bonds. The van der Waals surface area contributed by atoms with E-state index in [1.807, 2.05) is 0 Å². The van der Waals surface area contributed by atoms with Crippen LogP contribution in [0.25, 0.3) is 0 Å². The van der Waals surface area contributed by atoms with Crippen molar-refractivity contribution in [3.63, 3.8) is 0 Å². The Hall–Kier alpha value is -1.09. The van der Waals surface area contributed by atoms with Gasteiger partial charge in [0.25, 0.3) is 0 Å². The Morgan fingerprint density at radius 2 is 2.56 bits per heavy atom. The van der Waals surface area contributed by atoms with Crippen LogP contribution in [0.2, 0.25) is 0 Å². The van der Waals surface area contributed by atoms with Gasteiger partial charge < -0.3 is 10.7 Å². The summed E-state index contributed by atoms with van der Waals surface area (Å²) in [5.74, 6) is -0.0556. The summed E-state index contributed by atoms with van der Waals surface area (Å²) in [6, 6.07) is 3.47. The first-order chi connectivity index (χ1) is 4.34. The van der Waals surface area contributed by atoms with Crippen LogP contribution in [0.3, 0.4) is 0 Å². The quantitative estimate of drug-likeness (QED) is 0.551. The molecule has 48 valence electrons. The molecule has 0 aromatic carbocycles. The lowest BCUT2D eigenvalue weighted by Crippen LogP contribution is -2.13. The summed E-state index contributed by atoms with van der Waals surface area (Å²) < 4.78 is 0. The van der Waals surface area contributed by atoms with Crippen LogP contribution in [0, 0.1) is 0 Å². The van der Waals surface area contributed by atoms with Crippen LogP contribution >= 0.6 is 0 Å². The fourth-order valence-electron chi connectivity index (χ4n) is 0.614. The lowest BCUT2D eigenvalue weighted by Gasteiger charge is -1.88. The standard InChI is InChI=1S/C6H8N2O/c7-4-6(9)5-2-1-3-8-5/h1-3,8H,4,7H2. The van der Waals surface area contributed by atoms with E-state index in [2.05, 4.69) is 4.98 Å². The Morgan fingerprint density at radius 3 is 3.00 bits per heavy atom. The first-order valence-electron chi connectivity index (χ1n) is 2.71. The summed E-state index contributed by atoms with van der Waals surface area (Å²) in [5, 5.41) is 0. The summed E-state index contributed by atoms with van der Waals surface area (Å²) in [6.45, 7) is 0.0700. The molecule has 1 heterocycles. The van der Waals surface area contributed by atoms with Crippen molar-refractivity contribution in [2.24, 2.45) is 5.73 Å². The number of carbonyl (C=O) groups is 1. The number of Topliss-reactive ketones (excluding diaryl/α,β-unsaturated/α-hetero) is 1. The molecule has 3 heteroatoms. The molecule has 3 nitrogen and oxygen atoms in total. The number of nitrogens with two attached hydrogens (primary N) is 1. The Kier molecular flexibility index (Phi) is 1.65. The van der Waals surface area contributed by atoms with Crippen molar-refractivity contribution in [1.29, 1.82) is 0 Å². The smallest absolute Gasteiger partial charge is 0.192 e. The lowest BCUT2D eigenvalue weighted by atomic mass is 10.3. The van der Waals surface area contributed by atoms with Crippen molar-refractivity contribution >= 4 is 5.78 Å². The highest BCUT2D eigenvalue weighted by molar-refractivity contribution is 5.95. The van der Waals surface area contributed by atoms with Crippen LogP contribution in [0.1, 0.15) is 10.5 Å². The van der Waals surface area contributed by atoms with Crippen molar-refractivity contribution in [3.8, 4) is 0 Å². The molecule has 0 atom stereocenters. The number of nitrogens with one attached hydrogen (secondary N) is 1. The molecule has 0 saturated carbocycles. The summed E-state index contributed by atoms with van der Waals surface area (Å²) in [5.41, 5.74) is 5.67. The van der Waals surface area contributed by atoms with Gasteiger partial charge in [0.05, 0.1) is 12.2 Å². The van der Waals surface area contributed by atoms with E-state index in [-0.39, 0.29) is 12.3 Å². The number of rotatable bonds is 2. The first kappa shape index (κ1) is 6.04. The maximum atomic E-state index is 10.7. The molecule has 9 heavy (non-hydrogen) atoms. The third kappa shape index (κ3) is 1.17. The van der Waals surface area contributed by atoms with E-state index in [9.17, 15) is 4.79 Å². The SMILES string of the molecule is NCC(=O)c1ccc[nH]1. The minimum atomic E-state index is -0.0556. The van der Waals surface area contributed by atoms with Crippen molar-refractivity contribution < 1.29 is 4.79 Å². The van der Waals surface area contributed by atoms with E-state index in [1.54, 1.807) is 18.3 Å². The number of carbonyl (C=O) groups excluding carboxylic acids is 1. The molecule has 0 aliphatic carbocycles. The normalized spacial score (nSPS) is 9.44. The average Bonchev–Trinajstić information content (AvgIpc) is 2.37. The van der Waals surface area contributed by atoms with Gasteiger partial charge in [-0.05, 0) is 12.1 Å². The minimum Gasteiger partial charge on any atom is -0.359 e. The van der Waals surface area contributed by atoms with E-state index < -0.39 is 0 Å². The van der Waals surface area contributed by atoms with Gasteiger partial charge >= 0.3 is 0 Å². The van der Waals surface area contributed by atoms with Crippen molar-refractivity contribution in [2.45, 2.75) is 0 Å². The molecule has 0 radical (unpaired) electrons. The zero-order valence-corrected chi connectivity index (χ0v) is 4.92. The Bertz CT molecular complexity index is 191. The largest absolute Gasteiger partial charge is 0.359 e. The number of hydrogen-bond acceptors (Lipinski definition) is 2. The predicted molar refractivity (Wildman–Crippen MR) is 34.2 cm³/mol. The zero-order chi connectivity index (χ0) is 6.69. The van der Waals surface area contributed by atoms with Crippen LogP contribution in [0.4, 0.5) is 0 Å². The van der Waals surface area contributed by atoms with Crippen molar-refractivity contribution in [1.82, 2.24) is 4.98 Å². The molecular weight excluding hydrogens is 116 g/mol. The van der Waals surface area contributed by atoms with Gasteiger partial charge in [-0.25, -0.2) is 0 Å². The second-order valence-corrected chi connectivity index (χ2v) is 1.71. The number of aromatic amines is 1. The summed E-state index contributed by atoms with van der Waals surface area (Å²) >= 11 is 0. The molecule has 0 fully saturated rings. The zero-order valence-electron chi connectivity index (χ0n) is 4.92. The Balaban J connectivity index is 2.77. The van der Waals surface area contributed by atoms with E-state index in [4.69, 9.17) is 5.73 Å². The molecule has 0 spiro atoms. The molecule has 3 N–H and O–H groups in total. The minimum absolute atomic E-state index is 0.0556. The van der Waals surface area contributed by atoms with Crippen LogP contribution < -0.4 is 5.73 Å². The van der Waals surface area contributed by atoms with Gasteiger partial charge in [0.2, 0.25) is 0 Å². The number of H-pyrrole nitrogens is 1. The first-order valence-corrected chi connectivity index (χ1v) is 2.71. The van der Waals surface area contributed by atoms with Crippen LogP contribution in [0.5, 0.6) is 0 Å². The highest BCUT2D eigenvalue weighted by Crippen LogP contribution is 1.93. The molecule has 0 aliphatic rings. The number of hydrogen-bond donors (Lipinski definition) is 2. The average molecular weight is 124 g/mol. The monoisotopic (exact) mass is 124 g/mol. The second kappa shape index (κ2) is 2.46. The summed E-state index contributed by atoms with van der Waals surface area (Å²) in [6.07, 6.45) is 1.70. The Labute approximate surface area is 52.9 Å². The van der Waals surface area contributed by atoms with Crippen molar-refractivity contribution in [2.75, 3.05) is 6.54 Å². The molecule has 0 bridgehead atoms. The van der Waals surface area contributed by atoms with Gasteiger partial charge in [0.15, 0.2) is 5.78 Å². The van der Waals surface area contributed by atoms with Gasteiger partial charge in [0, 0.05) is 6.20 Å². The molecule has 0 unspecified atom stereocenters. The van der Waals surface area contributed by atoms with Gasteiger partial charge in [-0.15, -0.1) is 0 Å². The lowest BCUT2D eigenvalue weighted by molar-refractivity contribution is 0.0997. The van der Waals surface area contributed by atoms with Gasteiger partial charge in [0.1, 0.15) is 0 Å². The second-order valence-electron chi connectivity index (χ2n) is 1.71. The van der Waals surface area contributed by atoms with E-state index in [0.29, 0.717) is 5.69 Å². The molecule has 1 rings (SSSR count). The molecular formula is C6H8N2O. The fourth-order valence-corrected chi connectivity index (χ4v) is 0.614. The summed E-state index contributed by atoms with van der Waals surface area (Å²) in [7, 11) is 0. The molecule has 1 aromatic heterocycles. The number of aromatic nitrogens is 1. The topological polar surface area (TPSA) is 58.9 Å². The van der Waals surface area contributed by atoms with E-state index in [1.165, 1.54) is 0 Å². The van der Waals surface area contributed by atoms with Gasteiger partial charge in [-0.2, -0.15) is 0 Å². The highest BCUT2D eigenvalue weighted by Gasteiger charge is 2.00.